The first kappa shape index (κ1) is 10.5. The molecule has 3 aromatic rings. The fourth-order valence-corrected chi connectivity index (χ4v) is 2.00. The maximum atomic E-state index is 8.73. The van der Waals surface area contributed by atoms with Crippen molar-refractivity contribution in [2.45, 2.75) is 0 Å². The molecule has 2 heteroatoms. The molecule has 1 heterocycles. The summed E-state index contributed by atoms with van der Waals surface area (Å²) >= 11 is 0. The van der Waals surface area contributed by atoms with Gasteiger partial charge in [-0.15, -0.1) is 0 Å². The van der Waals surface area contributed by atoms with Crippen LogP contribution in [0, 0.1) is 11.3 Å². The Morgan fingerprint density at radius 3 is 2.33 bits per heavy atom. The van der Waals surface area contributed by atoms with E-state index in [2.05, 4.69) is 35.3 Å². The molecule has 0 amide bonds. The molecule has 0 saturated heterocycles. The Labute approximate surface area is 105 Å². The minimum Gasteiger partial charge on any atom is -0.245 e. The summed E-state index contributed by atoms with van der Waals surface area (Å²) in [5.41, 5.74) is 2.59. The highest BCUT2D eigenvalue weighted by atomic mass is 14.7. The lowest BCUT2D eigenvalue weighted by atomic mass is 10.0. The number of pyridine rings is 1. The number of nitrogens with zero attached hydrogens (tertiary/aromatic N) is 2. The van der Waals surface area contributed by atoms with E-state index in [-0.39, 0.29) is 0 Å². The van der Waals surface area contributed by atoms with Gasteiger partial charge in [-0.3, -0.25) is 0 Å². The van der Waals surface area contributed by atoms with Gasteiger partial charge in [-0.1, -0.05) is 36.4 Å². The average molecular weight is 230 g/mol. The molecular weight excluding hydrogens is 220 g/mol. The lowest BCUT2D eigenvalue weighted by molar-refractivity contribution is 1.27. The quantitative estimate of drug-likeness (QED) is 0.638. The number of rotatable bonds is 1. The topological polar surface area (TPSA) is 36.7 Å². The molecule has 0 atom stereocenters. The Morgan fingerprint density at radius 1 is 0.833 bits per heavy atom. The summed E-state index contributed by atoms with van der Waals surface area (Å²) in [6.07, 6.45) is 1.74. The molecule has 0 aliphatic carbocycles. The molecule has 0 radical (unpaired) electrons. The van der Waals surface area contributed by atoms with E-state index in [1.807, 2.05) is 24.3 Å². The van der Waals surface area contributed by atoms with Crippen LogP contribution in [0.1, 0.15) is 5.69 Å². The Hall–Kier alpha value is -2.66. The van der Waals surface area contributed by atoms with Gasteiger partial charge in [-0.2, -0.15) is 5.26 Å². The van der Waals surface area contributed by atoms with Crippen molar-refractivity contribution in [3.63, 3.8) is 0 Å². The highest BCUT2D eigenvalue weighted by Gasteiger charge is 2.00. The molecule has 2 nitrogen and oxygen atoms in total. The van der Waals surface area contributed by atoms with Gasteiger partial charge < -0.3 is 0 Å². The third-order valence-electron chi connectivity index (χ3n) is 2.96. The number of hydrogen-bond donors (Lipinski definition) is 0. The van der Waals surface area contributed by atoms with Crippen LogP contribution in [0.4, 0.5) is 0 Å². The Balaban J connectivity index is 2.10. The first-order chi connectivity index (χ1) is 8.86. The predicted molar refractivity (Wildman–Crippen MR) is 71.9 cm³/mol. The third kappa shape index (κ3) is 1.83. The van der Waals surface area contributed by atoms with E-state index in [1.54, 1.807) is 12.3 Å². The molecule has 1 aromatic heterocycles. The molecule has 0 spiro atoms. The normalized spacial score (nSPS) is 10.2. The van der Waals surface area contributed by atoms with Gasteiger partial charge in [0, 0.05) is 11.8 Å². The van der Waals surface area contributed by atoms with Gasteiger partial charge in [-0.25, -0.2) is 4.98 Å². The van der Waals surface area contributed by atoms with Crippen molar-refractivity contribution in [3.05, 3.63) is 66.5 Å². The zero-order valence-corrected chi connectivity index (χ0v) is 9.67. The molecule has 3 rings (SSSR count). The summed E-state index contributed by atoms with van der Waals surface area (Å²) in [5.74, 6) is 0. The minimum atomic E-state index is 0.444. The molecule has 0 saturated carbocycles. The maximum absolute atomic E-state index is 8.73. The van der Waals surface area contributed by atoms with E-state index in [1.165, 1.54) is 10.8 Å². The van der Waals surface area contributed by atoms with Gasteiger partial charge in [0.25, 0.3) is 0 Å². The largest absolute Gasteiger partial charge is 0.245 e. The van der Waals surface area contributed by atoms with E-state index in [0.29, 0.717) is 5.69 Å². The van der Waals surface area contributed by atoms with Gasteiger partial charge in [0.2, 0.25) is 0 Å². The van der Waals surface area contributed by atoms with E-state index in [9.17, 15) is 0 Å². The second-order valence-electron chi connectivity index (χ2n) is 4.11. The van der Waals surface area contributed by atoms with Crippen molar-refractivity contribution >= 4 is 10.8 Å². The monoisotopic (exact) mass is 230 g/mol. The fraction of sp³-hybridized carbons (Fsp3) is 0. The van der Waals surface area contributed by atoms with Crippen LogP contribution >= 0.6 is 0 Å². The summed E-state index contributed by atoms with van der Waals surface area (Å²) in [7, 11) is 0. The van der Waals surface area contributed by atoms with Gasteiger partial charge in [0.15, 0.2) is 0 Å². The zero-order chi connectivity index (χ0) is 12.4. The molecule has 0 unspecified atom stereocenters. The first-order valence-electron chi connectivity index (χ1n) is 5.72. The summed E-state index contributed by atoms with van der Waals surface area (Å²) in [5, 5.41) is 11.2. The van der Waals surface area contributed by atoms with Gasteiger partial charge in [0.1, 0.15) is 11.8 Å². The first-order valence-corrected chi connectivity index (χ1v) is 5.72. The van der Waals surface area contributed by atoms with Crippen LogP contribution in [0.2, 0.25) is 0 Å². The molecule has 0 fully saturated rings. The van der Waals surface area contributed by atoms with E-state index < -0.39 is 0 Å². The van der Waals surface area contributed by atoms with Crippen LogP contribution in [0.3, 0.4) is 0 Å². The molecule has 2 aromatic carbocycles. The van der Waals surface area contributed by atoms with Crippen LogP contribution in [0.15, 0.2) is 60.8 Å². The van der Waals surface area contributed by atoms with Gasteiger partial charge in [-0.05, 0) is 34.5 Å². The summed E-state index contributed by atoms with van der Waals surface area (Å²) in [4.78, 5) is 4.09. The van der Waals surface area contributed by atoms with Gasteiger partial charge in [0.05, 0.1) is 0 Å². The number of aromatic nitrogens is 1. The van der Waals surface area contributed by atoms with Crippen LogP contribution in [-0.4, -0.2) is 4.98 Å². The highest BCUT2D eigenvalue weighted by molar-refractivity contribution is 5.87. The molecule has 18 heavy (non-hydrogen) atoms. The van der Waals surface area contributed by atoms with Crippen molar-refractivity contribution in [3.8, 4) is 17.2 Å². The highest BCUT2D eigenvalue weighted by Crippen LogP contribution is 2.23. The summed E-state index contributed by atoms with van der Waals surface area (Å²) < 4.78 is 0. The number of fused-ring (bicyclic) bond motifs is 1. The molecule has 84 valence electrons. The third-order valence-corrected chi connectivity index (χ3v) is 2.96. The van der Waals surface area contributed by atoms with Crippen LogP contribution < -0.4 is 0 Å². The average Bonchev–Trinajstić information content (AvgIpc) is 2.47. The van der Waals surface area contributed by atoms with Crippen LogP contribution in [0.5, 0.6) is 0 Å². The van der Waals surface area contributed by atoms with Crippen molar-refractivity contribution in [1.82, 2.24) is 4.98 Å². The SMILES string of the molecule is N#Cc1ccc(-c2ccc3ccccc3c2)cn1. The van der Waals surface area contributed by atoms with E-state index in [4.69, 9.17) is 5.26 Å². The van der Waals surface area contributed by atoms with Crippen LogP contribution in [-0.2, 0) is 0 Å². The maximum Gasteiger partial charge on any atom is 0.140 e. The van der Waals surface area contributed by atoms with Crippen molar-refractivity contribution in [2.24, 2.45) is 0 Å². The molecular formula is C16H10N2. The van der Waals surface area contributed by atoms with Crippen LogP contribution in [0.25, 0.3) is 21.9 Å². The molecule has 0 bridgehead atoms. The Kier molecular flexibility index (Phi) is 2.51. The number of benzene rings is 2. The van der Waals surface area contributed by atoms with Crippen molar-refractivity contribution in [1.29, 1.82) is 5.26 Å². The number of hydrogen-bond acceptors (Lipinski definition) is 2. The second-order valence-corrected chi connectivity index (χ2v) is 4.11. The van der Waals surface area contributed by atoms with E-state index >= 15 is 0 Å². The smallest absolute Gasteiger partial charge is 0.140 e. The Morgan fingerprint density at radius 2 is 1.61 bits per heavy atom. The van der Waals surface area contributed by atoms with Crippen molar-refractivity contribution in [2.75, 3.05) is 0 Å². The number of nitriles is 1. The molecule has 0 aliphatic heterocycles. The molecule has 0 N–H and O–H groups in total. The zero-order valence-electron chi connectivity index (χ0n) is 9.67. The lowest BCUT2D eigenvalue weighted by Crippen LogP contribution is -1.84. The summed E-state index contributed by atoms with van der Waals surface area (Å²) in [6, 6.07) is 20.3. The second kappa shape index (κ2) is 4.31. The fourth-order valence-electron chi connectivity index (χ4n) is 2.00. The van der Waals surface area contributed by atoms with Gasteiger partial charge >= 0.3 is 0 Å². The minimum absolute atomic E-state index is 0.444. The van der Waals surface area contributed by atoms with Crippen molar-refractivity contribution < 1.29 is 0 Å². The predicted octanol–water partition coefficient (Wildman–Crippen LogP) is 3.77. The molecule has 0 aliphatic rings. The van der Waals surface area contributed by atoms with E-state index in [0.717, 1.165) is 11.1 Å². The standard InChI is InChI=1S/C16H10N2/c17-10-16-8-7-15(11-18-16)14-6-5-12-3-1-2-4-13(12)9-14/h1-9,11H. The lowest BCUT2D eigenvalue weighted by Gasteiger charge is -2.03. The Bertz CT molecular complexity index is 737. The summed E-state index contributed by atoms with van der Waals surface area (Å²) in [6.45, 7) is 0.